The second-order valence-corrected chi connectivity index (χ2v) is 13.6. The number of carbonyl (C=O) groups excluding carboxylic acids is 4. The van der Waals surface area contributed by atoms with Gasteiger partial charge in [0, 0.05) is 16.0 Å². The molecule has 3 fully saturated rings. The van der Waals surface area contributed by atoms with Gasteiger partial charge in [0.2, 0.25) is 23.6 Å². The average molecular weight is 662 g/mol. The van der Waals surface area contributed by atoms with Crippen molar-refractivity contribution < 1.29 is 24.3 Å². The molecule has 4 aromatic carbocycles. The van der Waals surface area contributed by atoms with Gasteiger partial charge in [-0.1, -0.05) is 76.1 Å². The molecule has 6 unspecified atom stereocenters. The Morgan fingerprint density at radius 1 is 0.756 bits per heavy atom. The van der Waals surface area contributed by atoms with Crippen molar-refractivity contribution in [1.29, 1.82) is 0 Å². The summed E-state index contributed by atoms with van der Waals surface area (Å²) in [5.74, 6) is -4.32. The summed E-state index contributed by atoms with van der Waals surface area (Å²) in [5.41, 5.74) is 1.19. The molecule has 4 aliphatic rings. The zero-order valence-electron chi connectivity index (χ0n) is 24.4. The Balaban J connectivity index is 1.32. The lowest BCUT2D eigenvalue weighted by Gasteiger charge is -2.49. The Morgan fingerprint density at radius 2 is 1.44 bits per heavy atom. The average Bonchev–Trinajstić information content (AvgIpc) is 3.42. The van der Waals surface area contributed by atoms with E-state index in [-0.39, 0.29) is 35.8 Å². The lowest BCUT2D eigenvalue weighted by atomic mass is 9.51. The van der Waals surface area contributed by atoms with Crippen LogP contribution < -0.4 is 9.80 Å². The summed E-state index contributed by atoms with van der Waals surface area (Å²) in [5, 5.41) is 13.2. The van der Waals surface area contributed by atoms with Crippen LogP contribution in [0, 0.1) is 29.1 Å². The van der Waals surface area contributed by atoms with E-state index >= 15 is 0 Å². The van der Waals surface area contributed by atoms with Crippen LogP contribution in [0.5, 0.6) is 5.75 Å². The molecule has 45 heavy (non-hydrogen) atoms. The molecule has 0 radical (unpaired) electrons. The van der Waals surface area contributed by atoms with Crippen LogP contribution in [0.1, 0.15) is 31.2 Å². The SMILES string of the molecule is CC12C(=O)N(c3ccccc3)C(=O)C1CC1C(=CCC3C(=O)N(c4ccc(Br)cc4)C(=O)C31)C2c1c(O)ccc2ccccc12. The van der Waals surface area contributed by atoms with E-state index in [1.54, 1.807) is 54.6 Å². The highest BCUT2D eigenvalue weighted by Crippen LogP contribution is 2.65. The van der Waals surface area contributed by atoms with Gasteiger partial charge >= 0.3 is 0 Å². The maximum absolute atomic E-state index is 14.6. The Bertz CT molecular complexity index is 1970. The first-order valence-corrected chi connectivity index (χ1v) is 16.0. The quantitative estimate of drug-likeness (QED) is 0.194. The minimum atomic E-state index is -1.24. The van der Waals surface area contributed by atoms with Crippen molar-refractivity contribution in [2.24, 2.45) is 29.1 Å². The molecule has 0 aromatic heterocycles. The van der Waals surface area contributed by atoms with Crippen molar-refractivity contribution in [2.75, 3.05) is 9.80 Å². The molecule has 1 N–H and O–H groups in total. The van der Waals surface area contributed by atoms with Crippen LogP contribution in [0.15, 0.2) is 107 Å². The number of phenols is 1. The fraction of sp³-hybridized carbons (Fsp3) is 0.243. The minimum absolute atomic E-state index is 0.0334. The largest absolute Gasteiger partial charge is 0.508 e. The third kappa shape index (κ3) is 3.81. The zero-order valence-corrected chi connectivity index (χ0v) is 26.0. The lowest BCUT2D eigenvalue weighted by Crippen LogP contribution is -2.49. The molecule has 0 bridgehead atoms. The highest BCUT2D eigenvalue weighted by molar-refractivity contribution is 9.10. The number of nitrogens with zero attached hydrogens (tertiary/aromatic N) is 2. The number of imide groups is 2. The molecule has 2 saturated heterocycles. The van der Waals surface area contributed by atoms with Gasteiger partial charge in [-0.25, -0.2) is 4.90 Å². The van der Waals surface area contributed by atoms with E-state index in [1.165, 1.54) is 9.80 Å². The van der Waals surface area contributed by atoms with E-state index in [0.29, 0.717) is 23.4 Å². The molecular weight excluding hydrogens is 632 g/mol. The number of hydrogen-bond donors (Lipinski definition) is 1. The maximum atomic E-state index is 14.6. The van der Waals surface area contributed by atoms with Crippen LogP contribution in [0.2, 0.25) is 0 Å². The van der Waals surface area contributed by atoms with Gasteiger partial charge in [-0.15, -0.1) is 0 Å². The number of phenolic OH excluding ortho intramolecular Hbond substituents is 1. The summed E-state index contributed by atoms with van der Waals surface area (Å²) in [6.07, 6.45) is 2.60. The molecule has 4 amide bonds. The number of carbonyl (C=O) groups is 4. The van der Waals surface area contributed by atoms with Crippen LogP contribution in [0.25, 0.3) is 10.8 Å². The molecule has 6 atom stereocenters. The number of halogens is 1. The predicted octanol–water partition coefficient (Wildman–Crippen LogP) is 6.74. The minimum Gasteiger partial charge on any atom is -0.508 e. The van der Waals surface area contributed by atoms with Crippen LogP contribution >= 0.6 is 15.9 Å². The van der Waals surface area contributed by atoms with Crippen LogP contribution in [-0.4, -0.2) is 28.7 Å². The Labute approximate surface area is 268 Å². The molecule has 1 saturated carbocycles. The van der Waals surface area contributed by atoms with Crippen molar-refractivity contribution >= 4 is 61.7 Å². The molecule has 224 valence electrons. The van der Waals surface area contributed by atoms with Gasteiger partial charge in [0.1, 0.15) is 5.75 Å². The highest BCUT2D eigenvalue weighted by Gasteiger charge is 2.68. The van der Waals surface area contributed by atoms with Gasteiger partial charge in [0.15, 0.2) is 0 Å². The number of benzene rings is 4. The molecule has 2 heterocycles. The van der Waals surface area contributed by atoms with E-state index in [2.05, 4.69) is 15.9 Å². The normalized spacial score (nSPS) is 29.1. The van der Waals surface area contributed by atoms with Crippen molar-refractivity contribution in [3.8, 4) is 5.75 Å². The summed E-state index contributed by atoms with van der Waals surface area (Å²) < 4.78 is 0.836. The molecular formula is C37H29BrN2O5. The van der Waals surface area contributed by atoms with E-state index in [4.69, 9.17) is 0 Å². The van der Waals surface area contributed by atoms with Crippen LogP contribution in [-0.2, 0) is 19.2 Å². The Kier molecular flexibility index (Phi) is 6.20. The molecule has 4 aromatic rings. The smallest absolute Gasteiger partial charge is 0.241 e. The molecule has 7 nitrogen and oxygen atoms in total. The molecule has 2 aliphatic carbocycles. The Hall–Kier alpha value is -4.56. The van der Waals surface area contributed by atoms with Gasteiger partial charge in [0.05, 0.1) is 34.5 Å². The molecule has 8 heteroatoms. The van der Waals surface area contributed by atoms with Crippen molar-refractivity contribution in [3.05, 3.63) is 113 Å². The summed E-state index contributed by atoms with van der Waals surface area (Å²) >= 11 is 3.43. The van der Waals surface area contributed by atoms with Crippen molar-refractivity contribution in [3.63, 3.8) is 0 Å². The third-order valence-electron chi connectivity index (χ3n) is 10.6. The van der Waals surface area contributed by atoms with E-state index in [1.807, 2.05) is 49.4 Å². The number of allylic oxidation sites excluding steroid dienone is 2. The van der Waals surface area contributed by atoms with Gasteiger partial charge < -0.3 is 5.11 Å². The maximum Gasteiger partial charge on any atom is 0.241 e. The molecule has 8 rings (SSSR count). The van der Waals surface area contributed by atoms with Gasteiger partial charge in [-0.3, -0.25) is 24.1 Å². The van der Waals surface area contributed by atoms with Gasteiger partial charge in [-0.2, -0.15) is 0 Å². The van der Waals surface area contributed by atoms with Crippen molar-refractivity contribution in [1.82, 2.24) is 0 Å². The first-order chi connectivity index (χ1) is 21.7. The fourth-order valence-electron chi connectivity index (χ4n) is 8.58. The van der Waals surface area contributed by atoms with Gasteiger partial charge in [0.25, 0.3) is 0 Å². The summed E-state index contributed by atoms with van der Waals surface area (Å²) in [4.78, 5) is 59.7. The number of anilines is 2. The summed E-state index contributed by atoms with van der Waals surface area (Å²) in [7, 11) is 0. The zero-order chi connectivity index (χ0) is 31.2. The van der Waals surface area contributed by atoms with E-state index in [0.717, 1.165) is 20.8 Å². The molecule has 0 spiro atoms. The number of fused-ring (bicyclic) bond motifs is 5. The number of aromatic hydroxyl groups is 1. The topological polar surface area (TPSA) is 95.0 Å². The molecule has 2 aliphatic heterocycles. The number of hydrogen-bond acceptors (Lipinski definition) is 5. The lowest BCUT2D eigenvalue weighted by molar-refractivity contribution is -0.131. The highest BCUT2D eigenvalue weighted by atomic mass is 79.9. The number of amides is 4. The first kappa shape index (κ1) is 28.0. The third-order valence-corrected chi connectivity index (χ3v) is 11.1. The fourth-order valence-corrected chi connectivity index (χ4v) is 8.84. The number of para-hydroxylation sites is 1. The number of rotatable bonds is 3. The first-order valence-electron chi connectivity index (χ1n) is 15.2. The second kappa shape index (κ2) is 9.97. The predicted molar refractivity (Wildman–Crippen MR) is 173 cm³/mol. The monoisotopic (exact) mass is 660 g/mol. The Morgan fingerprint density at radius 3 is 2.20 bits per heavy atom. The van der Waals surface area contributed by atoms with Crippen molar-refractivity contribution in [2.45, 2.75) is 25.7 Å². The van der Waals surface area contributed by atoms with Crippen LogP contribution in [0.3, 0.4) is 0 Å². The van der Waals surface area contributed by atoms with E-state index in [9.17, 15) is 24.3 Å². The summed E-state index contributed by atoms with van der Waals surface area (Å²) in [6.45, 7) is 1.84. The standard InChI is InChI=1S/C37H29BrN2O5/c1-37-28(34(43)40(36(37)45)22-8-3-2-4-9-22)19-27-25(32(37)31-24-10-6-5-7-20(24)11-18-29(31)41)16-17-26-30(27)35(44)39(33(26)42)23-14-12-21(38)13-15-23/h2-16,18,26-28,30,32,41H,17,19H2,1H3. The van der Waals surface area contributed by atoms with Gasteiger partial charge in [-0.05, 0) is 78.9 Å². The summed E-state index contributed by atoms with van der Waals surface area (Å²) in [6, 6.07) is 27.2. The second-order valence-electron chi connectivity index (χ2n) is 12.7. The van der Waals surface area contributed by atoms with E-state index < -0.39 is 35.0 Å². The van der Waals surface area contributed by atoms with Crippen LogP contribution in [0.4, 0.5) is 11.4 Å².